The van der Waals surface area contributed by atoms with Gasteiger partial charge in [0.1, 0.15) is 24.6 Å². The Labute approximate surface area is 158 Å². The van der Waals surface area contributed by atoms with Crippen LogP contribution in [0.2, 0.25) is 0 Å². The summed E-state index contributed by atoms with van der Waals surface area (Å²) in [5, 5.41) is 35.1. The van der Waals surface area contributed by atoms with E-state index in [1.54, 1.807) is 15.9 Å². The molecule has 0 aliphatic carbocycles. The van der Waals surface area contributed by atoms with Crippen LogP contribution in [0.1, 0.15) is 11.1 Å². The van der Waals surface area contributed by atoms with Crippen molar-refractivity contribution in [3.63, 3.8) is 0 Å². The highest BCUT2D eigenvalue weighted by atomic mass is 32.1. The zero-order valence-electron chi connectivity index (χ0n) is 14.3. The number of thiophene rings is 1. The molecule has 0 saturated carbocycles. The Balaban J connectivity index is 1.68. The van der Waals surface area contributed by atoms with E-state index < -0.39 is 31.1 Å². The van der Waals surface area contributed by atoms with E-state index in [2.05, 4.69) is 20.3 Å². The highest BCUT2D eigenvalue weighted by Crippen LogP contribution is 2.35. The smallest absolute Gasteiger partial charge is 0.207 e. The molecule has 4 rings (SSSR count). The molecule has 0 aromatic carbocycles. The van der Waals surface area contributed by atoms with E-state index in [9.17, 15) is 15.3 Å². The zero-order chi connectivity index (χ0) is 19.0. The van der Waals surface area contributed by atoms with Crippen molar-refractivity contribution in [1.29, 1.82) is 0 Å². The molecule has 3 aromatic rings. The first-order valence-electron chi connectivity index (χ1n) is 8.47. The number of imidazole rings is 1. The molecule has 2 unspecified atom stereocenters. The fraction of sp³-hybridized carbons (Fsp3) is 0.438. The number of aliphatic hydroxyl groups excluding tert-OH is 3. The number of hydrogen-bond acceptors (Lipinski definition) is 10. The number of hydrogen-bond donors (Lipinski definition) is 5. The van der Waals surface area contributed by atoms with Crippen LogP contribution in [0.4, 0.5) is 11.8 Å². The second-order valence-electron chi connectivity index (χ2n) is 6.22. The summed E-state index contributed by atoms with van der Waals surface area (Å²) in [5.41, 5.74) is 6.65. The number of rotatable bonds is 6. The first-order valence-corrected chi connectivity index (χ1v) is 9.35. The van der Waals surface area contributed by atoms with Gasteiger partial charge in [0.15, 0.2) is 23.2 Å². The second-order valence-corrected chi connectivity index (χ2v) is 7.25. The number of nitrogens with one attached hydrogen (secondary N) is 1. The van der Waals surface area contributed by atoms with Crippen LogP contribution in [-0.4, -0.2) is 66.3 Å². The number of aliphatic hydroxyl groups is 3. The Morgan fingerprint density at radius 2 is 2.15 bits per heavy atom. The quantitative estimate of drug-likeness (QED) is 0.382. The summed E-state index contributed by atoms with van der Waals surface area (Å²) in [7, 11) is 0. The molecule has 1 aliphatic heterocycles. The normalized spacial score (nSPS) is 25.3. The highest BCUT2D eigenvalue weighted by molar-refractivity contribution is 7.09. The molecule has 1 saturated heterocycles. The molecule has 4 heterocycles. The van der Waals surface area contributed by atoms with E-state index in [0.29, 0.717) is 23.7 Å². The number of anilines is 2. The summed E-state index contributed by atoms with van der Waals surface area (Å²) in [6.07, 6.45) is -2.27. The number of nitrogen functional groups attached to an aromatic ring is 1. The lowest BCUT2D eigenvalue weighted by Gasteiger charge is -2.19. The van der Waals surface area contributed by atoms with Crippen molar-refractivity contribution >= 4 is 34.3 Å². The molecule has 11 heteroatoms. The van der Waals surface area contributed by atoms with Crippen LogP contribution in [0, 0.1) is 0 Å². The minimum atomic E-state index is -1.26. The standard InChI is InChI=1S/C16H20N6O4S/c17-13-10-14(20-7-19-13)22(15-12(25)11(24)9(6-23)26-15)16(21-10)18-4-3-8-2-1-5-27-8/h1-2,5,7,9,11-12,15,23-25H,3-4,6H2,(H,18,21)(H2,17,19,20)/t9-,11?,12?,15-/m1/s1. The van der Waals surface area contributed by atoms with Crippen LogP contribution < -0.4 is 11.1 Å². The maximum atomic E-state index is 10.4. The fourth-order valence-corrected chi connectivity index (χ4v) is 3.85. The molecular weight excluding hydrogens is 372 g/mol. The van der Waals surface area contributed by atoms with Crippen molar-refractivity contribution in [3.8, 4) is 0 Å². The monoisotopic (exact) mass is 392 g/mol. The number of nitrogens with zero attached hydrogens (tertiary/aromatic N) is 4. The second kappa shape index (κ2) is 7.37. The van der Waals surface area contributed by atoms with Crippen LogP contribution >= 0.6 is 11.3 Å². The fourth-order valence-electron chi connectivity index (χ4n) is 3.14. The van der Waals surface area contributed by atoms with Crippen molar-refractivity contribution in [1.82, 2.24) is 19.5 Å². The lowest BCUT2D eigenvalue weighted by molar-refractivity contribution is -0.0501. The number of ether oxygens (including phenoxy) is 1. The van der Waals surface area contributed by atoms with Gasteiger partial charge < -0.3 is 31.1 Å². The van der Waals surface area contributed by atoms with Crippen LogP contribution in [0.25, 0.3) is 11.2 Å². The molecule has 6 N–H and O–H groups in total. The number of aromatic nitrogens is 4. The molecule has 27 heavy (non-hydrogen) atoms. The van der Waals surface area contributed by atoms with Gasteiger partial charge in [0.2, 0.25) is 5.95 Å². The Kier molecular flexibility index (Phi) is 4.93. The SMILES string of the molecule is Nc1ncnc2c1nc(NCCc1cccs1)n2[C@@H]1O[C@H](CO)C(O)C1O. The summed E-state index contributed by atoms with van der Waals surface area (Å²) in [6, 6.07) is 4.04. The lowest BCUT2D eigenvalue weighted by atomic mass is 10.1. The molecule has 144 valence electrons. The number of fused-ring (bicyclic) bond motifs is 1. The summed E-state index contributed by atoms with van der Waals surface area (Å²) in [4.78, 5) is 13.8. The molecule has 0 bridgehead atoms. The van der Waals surface area contributed by atoms with E-state index in [4.69, 9.17) is 10.5 Å². The Hall–Kier alpha value is -2.31. The van der Waals surface area contributed by atoms with Gasteiger partial charge in [0, 0.05) is 11.4 Å². The van der Waals surface area contributed by atoms with E-state index in [1.165, 1.54) is 11.2 Å². The zero-order valence-corrected chi connectivity index (χ0v) is 15.1. The van der Waals surface area contributed by atoms with Crippen molar-refractivity contribution in [2.24, 2.45) is 0 Å². The van der Waals surface area contributed by atoms with E-state index >= 15 is 0 Å². The molecule has 0 spiro atoms. The number of nitrogens with two attached hydrogens (primary N) is 1. The summed E-state index contributed by atoms with van der Waals surface area (Å²) >= 11 is 1.66. The van der Waals surface area contributed by atoms with Gasteiger partial charge in [-0.25, -0.2) is 15.0 Å². The lowest BCUT2D eigenvalue weighted by Crippen LogP contribution is -2.33. The maximum Gasteiger partial charge on any atom is 0.207 e. The first kappa shape index (κ1) is 18.1. The maximum absolute atomic E-state index is 10.4. The average Bonchev–Trinajstić information content (AvgIpc) is 3.36. The van der Waals surface area contributed by atoms with Crippen LogP contribution in [0.5, 0.6) is 0 Å². The largest absolute Gasteiger partial charge is 0.394 e. The van der Waals surface area contributed by atoms with Crippen LogP contribution in [0.3, 0.4) is 0 Å². The predicted molar refractivity (Wildman–Crippen MR) is 99.3 cm³/mol. The first-order chi connectivity index (χ1) is 13.1. The Morgan fingerprint density at radius 1 is 1.30 bits per heavy atom. The van der Waals surface area contributed by atoms with Gasteiger partial charge in [-0.1, -0.05) is 6.07 Å². The minimum Gasteiger partial charge on any atom is -0.394 e. The predicted octanol–water partition coefficient (Wildman–Crippen LogP) is -0.264. The van der Waals surface area contributed by atoms with Gasteiger partial charge in [-0.05, 0) is 17.9 Å². The Morgan fingerprint density at radius 3 is 2.85 bits per heavy atom. The summed E-state index contributed by atoms with van der Waals surface area (Å²) < 4.78 is 7.20. The average molecular weight is 392 g/mol. The van der Waals surface area contributed by atoms with Gasteiger partial charge in [-0.2, -0.15) is 0 Å². The van der Waals surface area contributed by atoms with Crippen molar-refractivity contribution in [2.45, 2.75) is 31.0 Å². The van der Waals surface area contributed by atoms with Gasteiger partial charge in [0.25, 0.3) is 0 Å². The van der Waals surface area contributed by atoms with Gasteiger partial charge >= 0.3 is 0 Å². The van der Waals surface area contributed by atoms with Gasteiger partial charge in [0.05, 0.1) is 6.61 Å². The van der Waals surface area contributed by atoms with Crippen LogP contribution in [0.15, 0.2) is 23.8 Å². The molecule has 4 atom stereocenters. The van der Waals surface area contributed by atoms with Crippen molar-refractivity contribution in [3.05, 3.63) is 28.7 Å². The summed E-state index contributed by atoms with van der Waals surface area (Å²) in [5.74, 6) is 0.593. The molecule has 1 fully saturated rings. The molecule has 1 aliphatic rings. The molecule has 0 radical (unpaired) electrons. The molecular formula is C16H20N6O4S. The van der Waals surface area contributed by atoms with E-state index in [1.807, 2.05) is 17.5 Å². The summed E-state index contributed by atoms with van der Waals surface area (Å²) in [6.45, 7) is 0.172. The van der Waals surface area contributed by atoms with E-state index in [0.717, 1.165) is 6.42 Å². The van der Waals surface area contributed by atoms with Gasteiger partial charge in [-0.15, -0.1) is 11.3 Å². The molecule has 10 nitrogen and oxygen atoms in total. The highest BCUT2D eigenvalue weighted by Gasteiger charge is 2.45. The van der Waals surface area contributed by atoms with Crippen molar-refractivity contribution in [2.75, 3.05) is 24.2 Å². The van der Waals surface area contributed by atoms with Crippen LogP contribution in [-0.2, 0) is 11.2 Å². The minimum absolute atomic E-state index is 0.201. The van der Waals surface area contributed by atoms with Crippen molar-refractivity contribution < 1.29 is 20.1 Å². The molecule has 0 amide bonds. The Bertz CT molecular complexity index is 917. The van der Waals surface area contributed by atoms with E-state index in [-0.39, 0.29) is 5.82 Å². The third-order valence-corrected chi connectivity index (χ3v) is 5.45. The third-order valence-electron chi connectivity index (χ3n) is 4.51. The van der Waals surface area contributed by atoms with Gasteiger partial charge in [-0.3, -0.25) is 4.57 Å². The molecule has 3 aromatic heterocycles. The third kappa shape index (κ3) is 3.24. The topological polar surface area (TPSA) is 152 Å².